The SMILES string of the molecule is CC(CNC(C)C)CN(Cc1ccccc1)C(C)C. The molecule has 108 valence electrons. The van der Waals surface area contributed by atoms with Crippen LogP contribution in [0.25, 0.3) is 0 Å². The van der Waals surface area contributed by atoms with E-state index in [-0.39, 0.29) is 0 Å². The molecular weight excluding hydrogens is 232 g/mol. The van der Waals surface area contributed by atoms with Crippen molar-refractivity contribution >= 4 is 0 Å². The van der Waals surface area contributed by atoms with Gasteiger partial charge in [0.15, 0.2) is 0 Å². The zero-order chi connectivity index (χ0) is 14.3. The second-order valence-corrected chi connectivity index (χ2v) is 6.18. The van der Waals surface area contributed by atoms with E-state index in [1.54, 1.807) is 0 Å². The highest BCUT2D eigenvalue weighted by Gasteiger charge is 2.14. The van der Waals surface area contributed by atoms with E-state index in [1.807, 2.05) is 0 Å². The molecule has 2 nitrogen and oxygen atoms in total. The minimum atomic E-state index is 0.573. The lowest BCUT2D eigenvalue weighted by atomic mass is 10.1. The van der Waals surface area contributed by atoms with Gasteiger partial charge in [0.2, 0.25) is 0 Å². The lowest BCUT2D eigenvalue weighted by Crippen LogP contribution is -2.38. The van der Waals surface area contributed by atoms with Crippen molar-refractivity contribution in [2.24, 2.45) is 5.92 Å². The highest BCUT2D eigenvalue weighted by molar-refractivity contribution is 5.14. The molecule has 0 bridgehead atoms. The van der Waals surface area contributed by atoms with Gasteiger partial charge in [0.1, 0.15) is 0 Å². The molecule has 2 heteroatoms. The van der Waals surface area contributed by atoms with Gasteiger partial charge in [-0.25, -0.2) is 0 Å². The third kappa shape index (κ3) is 6.74. The van der Waals surface area contributed by atoms with Crippen LogP contribution in [-0.2, 0) is 6.54 Å². The van der Waals surface area contributed by atoms with Gasteiger partial charge < -0.3 is 5.32 Å². The Morgan fingerprint density at radius 3 is 2.16 bits per heavy atom. The molecule has 0 heterocycles. The van der Waals surface area contributed by atoms with Crippen molar-refractivity contribution in [1.82, 2.24) is 10.2 Å². The number of rotatable bonds is 8. The van der Waals surface area contributed by atoms with Crippen LogP contribution in [0.1, 0.15) is 40.2 Å². The summed E-state index contributed by atoms with van der Waals surface area (Å²) in [5, 5.41) is 3.53. The van der Waals surface area contributed by atoms with Crippen LogP contribution in [0.5, 0.6) is 0 Å². The van der Waals surface area contributed by atoms with Crippen molar-refractivity contribution in [3.63, 3.8) is 0 Å². The maximum Gasteiger partial charge on any atom is 0.0236 e. The smallest absolute Gasteiger partial charge is 0.0236 e. The Hall–Kier alpha value is -0.860. The summed E-state index contributed by atoms with van der Waals surface area (Å²) >= 11 is 0. The fraction of sp³-hybridized carbons (Fsp3) is 0.647. The van der Waals surface area contributed by atoms with Gasteiger partial charge in [-0.1, -0.05) is 51.1 Å². The molecule has 1 N–H and O–H groups in total. The molecule has 0 aliphatic carbocycles. The molecule has 1 aromatic carbocycles. The first-order chi connectivity index (χ1) is 8.99. The summed E-state index contributed by atoms with van der Waals surface area (Å²) in [5.41, 5.74) is 1.40. The van der Waals surface area contributed by atoms with E-state index in [0.29, 0.717) is 18.0 Å². The Bertz CT molecular complexity index is 332. The summed E-state index contributed by atoms with van der Waals surface area (Å²) in [6, 6.07) is 11.9. The lowest BCUT2D eigenvalue weighted by molar-refractivity contribution is 0.181. The Morgan fingerprint density at radius 1 is 1.00 bits per heavy atom. The van der Waals surface area contributed by atoms with Gasteiger partial charge in [0.25, 0.3) is 0 Å². The number of nitrogens with zero attached hydrogens (tertiary/aromatic N) is 1. The van der Waals surface area contributed by atoms with Crippen molar-refractivity contribution in [3.05, 3.63) is 35.9 Å². The number of nitrogens with one attached hydrogen (secondary N) is 1. The normalized spacial score (nSPS) is 13.5. The van der Waals surface area contributed by atoms with Crippen molar-refractivity contribution < 1.29 is 0 Å². The Labute approximate surface area is 119 Å². The van der Waals surface area contributed by atoms with Crippen molar-refractivity contribution in [2.45, 2.75) is 53.2 Å². The third-order valence-electron chi connectivity index (χ3n) is 3.38. The van der Waals surface area contributed by atoms with E-state index >= 15 is 0 Å². The molecule has 0 fully saturated rings. The molecule has 1 atom stereocenters. The summed E-state index contributed by atoms with van der Waals surface area (Å²) in [6.07, 6.45) is 0. The predicted molar refractivity (Wildman–Crippen MR) is 84.3 cm³/mol. The van der Waals surface area contributed by atoms with Crippen molar-refractivity contribution in [2.75, 3.05) is 13.1 Å². The number of hydrogen-bond donors (Lipinski definition) is 1. The zero-order valence-electron chi connectivity index (χ0n) is 13.2. The largest absolute Gasteiger partial charge is 0.314 e. The number of benzene rings is 1. The average Bonchev–Trinajstić information content (AvgIpc) is 2.36. The van der Waals surface area contributed by atoms with E-state index in [4.69, 9.17) is 0 Å². The van der Waals surface area contributed by atoms with Gasteiger partial charge >= 0.3 is 0 Å². The summed E-state index contributed by atoms with van der Waals surface area (Å²) in [7, 11) is 0. The minimum absolute atomic E-state index is 0.573. The predicted octanol–water partition coefficient (Wildman–Crippen LogP) is 3.53. The fourth-order valence-corrected chi connectivity index (χ4v) is 2.18. The van der Waals surface area contributed by atoms with E-state index < -0.39 is 0 Å². The molecule has 0 saturated heterocycles. The lowest BCUT2D eigenvalue weighted by Gasteiger charge is -2.30. The first-order valence-electron chi connectivity index (χ1n) is 7.50. The van der Waals surface area contributed by atoms with Gasteiger partial charge in [-0.2, -0.15) is 0 Å². The van der Waals surface area contributed by atoms with Crippen LogP contribution in [0.15, 0.2) is 30.3 Å². The molecule has 0 aliphatic rings. The number of hydrogen-bond acceptors (Lipinski definition) is 2. The van der Waals surface area contributed by atoms with Crippen LogP contribution in [0.3, 0.4) is 0 Å². The monoisotopic (exact) mass is 262 g/mol. The molecule has 0 amide bonds. The second-order valence-electron chi connectivity index (χ2n) is 6.18. The Balaban J connectivity index is 2.49. The highest BCUT2D eigenvalue weighted by Crippen LogP contribution is 2.10. The van der Waals surface area contributed by atoms with Gasteiger partial charge in [-0.3, -0.25) is 4.90 Å². The molecule has 1 unspecified atom stereocenters. The standard InChI is InChI=1S/C17H30N2/c1-14(2)18-11-16(5)12-19(15(3)4)13-17-9-7-6-8-10-17/h6-10,14-16,18H,11-13H2,1-5H3. The van der Waals surface area contributed by atoms with E-state index in [9.17, 15) is 0 Å². The molecule has 1 aromatic rings. The zero-order valence-corrected chi connectivity index (χ0v) is 13.2. The van der Waals surface area contributed by atoms with E-state index in [1.165, 1.54) is 5.56 Å². The molecule has 0 saturated carbocycles. The quantitative estimate of drug-likeness (QED) is 0.771. The maximum absolute atomic E-state index is 3.53. The van der Waals surface area contributed by atoms with Crippen LogP contribution >= 0.6 is 0 Å². The summed E-state index contributed by atoms with van der Waals surface area (Å²) in [6.45, 7) is 14.6. The van der Waals surface area contributed by atoms with Crippen LogP contribution in [0, 0.1) is 5.92 Å². The maximum atomic E-state index is 3.53. The molecule has 19 heavy (non-hydrogen) atoms. The van der Waals surface area contributed by atoms with Gasteiger partial charge in [0.05, 0.1) is 0 Å². The molecular formula is C17H30N2. The Morgan fingerprint density at radius 2 is 1.63 bits per heavy atom. The van der Waals surface area contributed by atoms with Crippen LogP contribution in [0.4, 0.5) is 0 Å². The molecule has 0 aliphatic heterocycles. The van der Waals surface area contributed by atoms with Gasteiger partial charge in [-0.15, -0.1) is 0 Å². The first kappa shape index (κ1) is 16.2. The summed E-state index contributed by atoms with van der Waals surface area (Å²) in [4.78, 5) is 2.56. The van der Waals surface area contributed by atoms with E-state index in [2.05, 4.69) is 75.2 Å². The average molecular weight is 262 g/mol. The van der Waals surface area contributed by atoms with Crippen molar-refractivity contribution in [1.29, 1.82) is 0 Å². The summed E-state index contributed by atoms with van der Waals surface area (Å²) < 4.78 is 0. The van der Waals surface area contributed by atoms with Gasteiger partial charge in [0, 0.05) is 25.2 Å². The highest BCUT2D eigenvalue weighted by atomic mass is 15.1. The second kappa shape index (κ2) is 8.34. The summed E-state index contributed by atoms with van der Waals surface area (Å²) in [5.74, 6) is 0.675. The molecule has 0 aromatic heterocycles. The third-order valence-corrected chi connectivity index (χ3v) is 3.38. The van der Waals surface area contributed by atoms with Crippen LogP contribution in [-0.4, -0.2) is 30.1 Å². The molecule has 1 rings (SSSR count). The van der Waals surface area contributed by atoms with Gasteiger partial charge in [-0.05, 0) is 31.9 Å². The minimum Gasteiger partial charge on any atom is -0.314 e. The molecule has 0 radical (unpaired) electrons. The van der Waals surface area contributed by atoms with E-state index in [0.717, 1.165) is 19.6 Å². The first-order valence-corrected chi connectivity index (χ1v) is 7.50. The fourth-order valence-electron chi connectivity index (χ4n) is 2.18. The molecule has 0 spiro atoms. The topological polar surface area (TPSA) is 15.3 Å². The Kier molecular flexibility index (Phi) is 7.11. The van der Waals surface area contributed by atoms with Crippen LogP contribution < -0.4 is 5.32 Å². The van der Waals surface area contributed by atoms with Crippen molar-refractivity contribution in [3.8, 4) is 0 Å². The van der Waals surface area contributed by atoms with Crippen LogP contribution in [0.2, 0.25) is 0 Å².